The van der Waals surface area contributed by atoms with Gasteiger partial charge in [-0.3, -0.25) is 0 Å². The van der Waals surface area contributed by atoms with Crippen molar-refractivity contribution in [1.29, 1.82) is 0 Å². The number of aryl methyl sites for hydroxylation is 2. The fraction of sp³-hybridized carbons (Fsp3) is 0.400. The summed E-state index contributed by atoms with van der Waals surface area (Å²) in [4.78, 5) is 4.17. The van der Waals surface area contributed by atoms with E-state index in [1.165, 1.54) is 0 Å². The normalized spacial score (nSPS) is 8.83. The summed E-state index contributed by atoms with van der Waals surface area (Å²) in [7, 11) is 0. The van der Waals surface area contributed by atoms with Crippen molar-refractivity contribution in [3.8, 4) is 11.3 Å². The third-order valence-corrected chi connectivity index (χ3v) is 2.74. The molecule has 2 aromatic rings. The summed E-state index contributed by atoms with van der Waals surface area (Å²) in [6.07, 6.45) is 0. The summed E-state index contributed by atoms with van der Waals surface area (Å²) >= 11 is 1.09. The van der Waals surface area contributed by atoms with Gasteiger partial charge in [-0.15, -0.1) is 0 Å². The zero-order valence-electron chi connectivity index (χ0n) is 12.0. The smallest absolute Gasteiger partial charge is 0.204 e. The molecule has 0 aliphatic rings. The van der Waals surface area contributed by atoms with E-state index in [1.54, 1.807) is 0 Å². The topological polar surface area (TPSA) is 12.9 Å². The first-order chi connectivity index (χ1) is 8.66. The third kappa shape index (κ3) is 4.57. The second-order valence-corrected chi connectivity index (χ2v) is 4.38. The molecule has 3 heteroatoms. The summed E-state index contributed by atoms with van der Waals surface area (Å²) in [5.74, 6) is 0. The highest BCUT2D eigenvalue weighted by Crippen LogP contribution is 2.26. The van der Waals surface area contributed by atoms with Gasteiger partial charge in [-0.05, 0) is 19.9 Å². The van der Waals surface area contributed by atoms with E-state index >= 15 is 0 Å². The van der Waals surface area contributed by atoms with Gasteiger partial charge in [0.25, 0.3) is 0 Å². The SMILES string of the molecule is CC.CC.Cc1cccc(-c2nc(C)sc2F)c1. The summed E-state index contributed by atoms with van der Waals surface area (Å²) in [5, 5.41) is 0.562. The minimum absolute atomic E-state index is 0.201. The van der Waals surface area contributed by atoms with Gasteiger partial charge in [0.1, 0.15) is 5.69 Å². The van der Waals surface area contributed by atoms with Crippen LogP contribution in [0.4, 0.5) is 4.39 Å². The Balaban J connectivity index is 0.000000659. The Morgan fingerprint density at radius 2 is 1.67 bits per heavy atom. The van der Waals surface area contributed by atoms with Crippen molar-refractivity contribution in [2.45, 2.75) is 41.5 Å². The van der Waals surface area contributed by atoms with Crippen LogP contribution in [0.25, 0.3) is 11.3 Å². The molecule has 2 rings (SSSR count). The molecule has 0 N–H and O–H groups in total. The molecule has 0 saturated heterocycles. The van der Waals surface area contributed by atoms with Crippen molar-refractivity contribution >= 4 is 11.3 Å². The van der Waals surface area contributed by atoms with Crippen molar-refractivity contribution in [3.05, 3.63) is 40.0 Å². The Labute approximate surface area is 114 Å². The number of nitrogens with zero attached hydrogens (tertiary/aromatic N) is 1. The summed E-state index contributed by atoms with van der Waals surface area (Å²) < 4.78 is 13.4. The molecule has 18 heavy (non-hydrogen) atoms. The lowest BCUT2D eigenvalue weighted by Gasteiger charge is -1.98. The van der Waals surface area contributed by atoms with Crippen molar-refractivity contribution < 1.29 is 4.39 Å². The molecule has 0 fully saturated rings. The zero-order chi connectivity index (χ0) is 14.1. The summed E-state index contributed by atoms with van der Waals surface area (Å²) in [6.45, 7) is 11.8. The monoisotopic (exact) mass is 267 g/mol. The molecule has 0 aliphatic heterocycles. The van der Waals surface area contributed by atoms with Gasteiger partial charge in [0.2, 0.25) is 5.13 Å². The number of halogens is 1. The van der Waals surface area contributed by atoms with Crippen molar-refractivity contribution in [3.63, 3.8) is 0 Å². The quantitative estimate of drug-likeness (QED) is 0.653. The second-order valence-electron chi connectivity index (χ2n) is 3.22. The molecule has 0 amide bonds. The largest absolute Gasteiger partial charge is 0.238 e. The number of hydrogen-bond donors (Lipinski definition) is 0. The van der Waals surface area contributed by atoms with E-state index in [9.17, 15) is 4.39 Å². The molecule has 0 spiro atoms. The van der Waals surface area contributed by atoms with E-state index in [-0.39, 0.29) is 5.13 Å². The average Bonchev–Trinajstić information content (AvgIpc) is 2.73. The fourth-order valence-corrected chi connectivity index (χ4v) is 2.03. The average molecular weight is 267 g/mol. The standard InChI is InChI=1S/C11H10FNS.2C2H6/c1-7-4-3-5-9(6-7)10-11(12)14-8(2)13-10;2*1-2/h3-6H,1-2H3;2*1-2H3. The van der Waals surface area contributed by atoms with Crippen LogP contribution in [0.15, 0.2) is 24.3 Å². The van der Waals surface area contributed by atoms with Gasteiger partial charge >= 0.3 is 0 Å². The van der Waals surface area contributed by atoms with Gasteiger partial charge in [0.05, 0.1) is 5.01 Å². The maximum Gasteiger partial charge on any atom is 0.204 e. The summed E-state index contributed by atoms with van der Waals surface area (Å²) in [6, 6.07) is 7.72. The zero-order valence-corrected chi connectivity index (χ0v) is 12.9. The molecule has 0 radical (unpaired) electrons. The predicted octanol–water partition coefficient (Wildman–Crippen LogP) is 5.62. The van der Waals surface area contributed by atoms with E-state index in [4.69, 9.17) is 0 Å². The molecule has 100 valence electrons. The van der Waals surface area contributed by atoms with Gasteiger partial charge in [-0.1, -0.05) is 62.8 Å². The second kappa shape index (κ2) is 8.81. The molecule has 0 atom stereocenters. The molecule has 0 unspecified atom stereocenters. The molecule has 0 saturated carbocycles. The Bertz CT molecular complexity index is 463. The Hall–Kier alpha value is -1.22. The highest BCUT2D eigenvalue weighted by molar-refractivity contribution is 7.10. The van der Waals surface area contributed by atoms with Crippen LogP contribution in [0.2, 0.25) is 0 Å². The highest BCUT2D eigenvalue weighted by atomic mass is 32.1. The first-order valence-corrected chi connectivity index (χ1v) is 7.18. The predicted molar refractivity (Wildman–Crippen MR) is 79.7 cm³/mol. The van der Waals surface area contributed by atoms with Crippen molar-refractivity contribution in [1.82, 2.24) is 4.98 Å². The van der Waals surface area contributed by atoms with E-state index in [0.717, 1.165) is 27.5 Å². The molecule has 0 aliphatic carbocycles. The lowest BCUT2D eigenvalue weighted by Crippen LogP contribution is -1.82. The first-order valence-electron chi connectivity index (χ1n) is 6.37. The van der Waals surface area contributed by atoms with Crippen molar-refractivity contribution in [2.75, 3.05) is 0 Å². The molecule has 1 aromatic heterocycles. The van der Waals surface area contributed by atoms with Crippen LogP contribution in [-0.2, 0) is 0 Å². The molecule has 1 nitrogen and oxygen atoms in total. The highest BCUT2D eigenvalue weighted by Gasteiger charge is 2.10. The van der Waals surface area contributed by atoms with Crippen LogP contribution in [0.3, 0.4) is 0 Å². The Kier molecular flexibility index (Phi) is 8.21. The third-order valence-electron chi connectivity index (χ3n) is 1.98. The number of rotatable bonds is 1. The Morgan fingerprint density at radius 1 is 1.06 bits per heavy atom. The van der Waals surface area contributed by atoms with Crippen LogP contribution in [0.5, 0.6) is 0 Å². The van der Waals surface area contributed by atoms with Gasteiger partial charge in [0, 0.05) is 5.56 Å². The minimum Gasteiger partial charge on any atom is -0.238 e. The van der Waals surface area contributed by atoms with Crippen molar-refractivity contribution in [2.24, 2.45) is 0 Å². The fourth-order valence-electron chi connectivity index (χ4n) is 1.37. The minimum atomic E-state index is -0.201. The van der Waals surface area contributed by atoms with E-state index in [0.29, 0.717) is 5.69 Å². The number of benzene rings is 1. The van der Waals surface area contributed by atoms with Crippen LogP contribution < -0.4 is 0 Å². The van der Waals surface area contributed by atoms with E-state index < -0.39 is 0 Å². The maximum absolute atomic E-state index is 13.4. The number of thiazole rings is 1. The van der Waals surface area contributed by atoms with Crippen LogP contribution in [-0.4, -0.2) is 4.98 Å². The van der Waals surface area contributed by atoms with Gasteiger partial charge in [-0.25, -0.2) is 4.98 Å². The number of aromatic nitrogens is 1. The Morgan fingerprint density at radius 3 is 2.11 bits per heavy atom. The molecule has 1 heterocycles. The first kappa shape index (κ1) is 16.8. The van der Waals surface area contributed by atoms with E-state index in [2.05, 4.69) is 4.98 Å². The van der Waals surface area contributed by atoms with Crippen LogP contribution in [0, 0.1) is 19.0 Å². The maximum atomic E-state index is 13.4. The molecular formula is C15H22FNS. The molecule has 0 bridgehead atoms. The number of hydrogen-bond acceptors (Lipinski definition) is 2. The van der Waals surface area contributed by atoms with Gasteiger partial charge < -0.3 is 0 Å². The molecule has 1 aromatic carbocycles. The van der Waals surface area contributed by atoms with Crippen LogP contribution in [0.1, 0.15) is 38.3 Å². The lowest BCUT2D eigenvalue weighted by molar-refractivity contribution is 0.657. The van der Waals surface area contributed by atoms with Gasteiger partial charge in [-0.2, -0.15) is 4.39 Å². The lowest BCUT2D eigenvalue weighted by atomic mass is 10.1. The van der Waals surface area contributed by atoms with E-state index in [1.807, 2.05) is 65.8 Å². The van der Waals surface area contributed by atoms with Crippen LogP contribution >= 0.6 is 11.3 Å². The summed E-state index contributed by atoms with van der Waals surface area (Å²) in [5.41, 5.74) is 2.44. The van der Waals surface area contributed by atoms with Gasteiger partial charge in [0.15, 0.2) is 0 Å². The molecular weight excluding hydrogens is 245 g/mol.